The summed E-state index contributed by atoms with van der Waals surface area (Å²) < 4.78 is 12.6. The molecule has 0 aliphatic rings. The van der Waals surface area contributed by atoms with Gasteiger partial charge >= 0.3 is 0 Å². The Kier molecular flexibility index (Phi) is 3.11. The highest BCUT2D eigenvalue weighted by atomic mass is 35.5. The lowest BCUT2D eigenvalue weighted by Gasteiger charge is -2.03. The fourth-order valence-corrected chi connectivity index (χ4v) is 0.977. The van der Waals surface area contributed by atoms with E-state index in [-0.39, 0.29) is 5.02 Å². The summed E-state index contributed by atoms with van der Waals surface area (Å²) in [5, 5.41) is 3.12. The third-order valence-electron chi connectivity index (χ3n) is 1.37. The SMILES string of the molecule is C=CCNc1ccc(F)c(Cl)c1. The molecule has 0 saturated carbocycles. The molecule has 3 heteroatoms. The highest BCUT2D eigenvalue weighted by molar-refractivity contribution is 6.31. The van der Waals surface area contributed by atoms with Gasteiger partial charge in [0, 0.05) is 12.2 Å². The molecule has 0 aromatic heterocycles. The van der Waals surface area contributed by atoms with Crippen molar-refractivity contribution < 1.29 is 4.39 Å². The Labute approximate surface area is 75.9 Å². The van der Waals surface area contributed by atoms with Crippen molar-refractivity contribution in [2.75, 3.05) is 11.9 Å². The van der Waals surface area contributed by atoms with Crippen molar-refractivity contribution in [1.29, 1.82) is 0 Å². The van der Waals surface area contributed by atoms with Crippen LogP contribution in [0.15, 0.2) is 30.9 Å². The zero-order valence-corrected chi connectivity index (χ0v) is 7.24. The molecule has 1 aromatic carbocycles. The average molecular weight is 186 g/mol. The smallest absolute Gasteiger partial charge is 0.141 e. The van der Waals surface area contributed by atoms with E-state index in [0.717, 1.165) is 5.69 Å². The summed E-state index contributed by atoms with van der Waals surface area (Å²) in [6.45, 7) is 4.19. The monoisotopic (exact) mass is 185 g/mol. The molecule has 0 heterocycles. The zero-order valence-electron chi connectivity index (χ0n) is 6.48. The summed E-state index contributed by atoms with van der Waals surface area (Å²) in [7, 11) is 0. The molecular formula is C9H9ClFN. The van der Waals surface area contributed by atoms with E-state index in [9.17, 15) is 4.39 Å². The molecule has 0 saturated heterocycles. The van der Waals surface area contributed by atoms with Crippen LogP contribution in [-0.4, -0.2) is 6.54 Å². The minimum absolute atomic E-state index is 0.129. The van der Waals surface area contributed by atoms with Gasteiger partial charge in [-0.15, -0.1) is 6.58 Å². The fraction of sp³-hybridized carbons (Fsp3) is 0.111. The summed E-state index contributed by atoms with van der Waals surface area (Å²) in [6, 6.07) is 4.50. The maximum absolute atomic E-state index is 12.6. The van der Waals surface area contributed by atoms with Crippen molar-refractivity contribution in [2.24, 2.45) is 0 Å². The molecule has 0 atom stereocenters. The lowest BCUT2D eigenvalue weighted by molar-refractivity contribution is 0.628. The Balaban J connectivity index is 2.75. The van der Waals surface area contributed by atoms with E-state index >= 15 is 0 Å². The summed E-state index contributed by atoms with van der Waals surface area (Å²) in [5.74, 6) is -0.402. The van der Waals surface area contributed by atoms with Crippen molar-refractivity contribution in [2.45, 2.75) is 0 Å². The van der Waals surface area contributed by atoms with Crippen molar-refractivity contribution in [3.63, 3.8) is 0 Å². The molecule has 0 fully saturated rings. The van der Waals surface area contributed by atoms with Gasteiger partial charge in [-0.05, 0) is 18.2 Å². The summed E-state index contributed by atoms with van der Waals surface area (Å²) >= 11 is 5.55. The Hall–Kier alpha value is -1.02. The van der Waals surface area contributed by atoms with Gasteiger partial charge in [-0.1, -0.05) is 17.7 Å². The van der Waals surface area contributed by atoms with Gasteiger partial charge in [0.25, 0.3) is 0 Å². The number of rotatable bonds is 3. The molecule has 0 radical (unpaired) electrons. The number of hydrogen-bond donors (Lipinski definition) is 1. The van der Waals surface area contributed by atoms with Crippen molar-refractivity contribution >= 4 is 17.3 Å². The Morgan fingerprint density at radius 2 is 2.33 bits per heavy atom. The van der Waals surface area contributed by atoms with Crippen LogP contribution in [0, 0.1) is 5.82 Å². The maximum atomic E-state index is 12.6. The molecule has 0 unspecified atom stereocenters. The number of benzene rings is 1. The number of anilines is 1. The first-order valence-corrected chi connectivity index (χ1v) is 3.91. The van der Waals surface area contributed by atoms with E-state index < -0.39 is 5.82 Å². The highest BCUT2D eigenvalue weighted by Crippen LogP contribution is 2.18. The highest BCUT2D eigenvalue weighted by Gasteiger charge is 1.98. The van der Waals surface area contributed by atoms with E-state index in [4.69, 9.17) is 11.6 Å². The van der Waals surface area contributed by atoms with Gasteiger partial charge in [-0.2, -0.15) is 0 Å². The van der Waals surface area contributed by atoms with E-state index in [0.29, 0.717) is 6.54 Å². The second-order valence-electron chi connectivity index (χ2n) is 2.30. The van der Waals surface area contributed by atoms with Crippen LogP contribution in [0.5, 0.6) is 0 Å². The second kappa shape index (κ2) is 4.12. The normalized spacial score (nSPS) is 9.50. The van der Waals surface area contributed by atoms with Crippen LogP contribution in [0.3, 0.4) is 0 Å². The van der Waals surface area contributed by atoms with Gasteiger partial charge in [-0.25, -0.2) is 4.39 Å². The molecule has 0 aliphatic heterocycles. The summed E-state index contributed by atoms with van der Waals surface area (Å²) in [5.41, 5.74) is 0.793. The third kappa shape index (κ3) is 2.24. The molecule has 1 aromatic rings. The molecule has 1 nitrogen and oxygen atoms in total. The van der Waals surface area contributed by atoms with Crippen LogP contribution < -0.4 is 5.32 Å². The van der Waals surface area contributed by atoms with Gasteiger partial charge in [0.2, 0.25) is 0 Å². The molecule has 0 amide bonds. The Morgan fingerprint density at radius 3 is 2.92 bits per heavy atom. The molecule has 12 heavy (non-hydrogen) atoms. The fourth-order valence-electron chi connectivity index (χ4n) is 0.796. The van der Waals surface area contributed by atoms with Crippen molar-refractivity contribution in [3.8, 4) is 0 Å². The van der Waals surface area contributed by atoms with Crippen LogP contribution in [0.2, 0.25) is 5.02 Å². The first kappa shape index (κ1) is 9.07. The van der Waals surface area contributed by atoms with E-state index in [1.54, 1.807) is 18.2 Å². The molecule has 0 spiro atoms. The van der Waals surface area contributed by atoms with Gasteiger partial charge in [0.15, 0.2) is 0 Å². The van der Waals surface area contributed by atoms with Gasteiger partial charge in [0.1, 0.15) is 5.82 Å². The minimum atomic E-state index is -0.402. The minimum Gasteiger partial charge on any atom is -0.382 e. The lowest BCUT2D eigenvalue weighted by atomic mass is 10.3. The Morgan fingerprint density at radius 1 is 1.58 bits per heavy atom. The first-order chi connectivity index (χ1) is 5.74. The molecule has 0 aliphatic carbocycles. The van der Waals surface area contributed by atoms with Crippen LogP contribution in [0.1, 0.15) is 0 Å². The van der Waals surface area contributed by atoms with Gasteiger partial charge < -0.3 is 5.32 Å². The maximum Gasteiger partial charge on any atom is 0.141 e. The predicted octanol–water partition coefficient (Wildman–Crippen LogP) is 3.08. The molecular weight excluding hydrogens is 177 g/mol. The number of nitrogens with one attached hydrogen (secondary N) is 1. The topological polar surface area (TPSA) is 12.0 Å². The van der Waals surface area contributed by atoms with Crippen LogP contribution >= 0.6 is 11.6 Å². The molecule has 1 N–H and O–H groups in total. The summed E-state index contributed by atoms with van der Waals surface area (Å²) in [4.78, 5) is 0. The first-order valence-electron chi connectivity index (χ1n) is 3.54. The molecule has 64 valence electrons. The van der Waals surface area contributed by atoms with Crippen LogP contribution in [0.25, 0.3) is 0 Å². The van der Waals surface area contributed by atoms with Crippen molar-refractivity contribution in [1.82, 2.24) is 0 Å². The molecule has 0 bridgehead atoms. The standard InChI is InChI=1S/C9H9ClFN/c1-2-5-12-7-3-4-9(11)8(10)6-7/h2-4,6,12H,1,5H2. The van der Waals surface area contributed by atoms with Crippen LogP contribution in [-0.2, 0) is 0 Å². The van der Waals surface area contributed by atoms with Gasteiger partial charge in [-0.3, -0.25) is 0 Å². The Bertz CT molecular complexity index is 286. The summed E-state index contributed by atoms with van der Waals surface area (Å²) in [6.07, 6.45) is 1.72. The largest absolute Gasteiger partial charge is 0.382 e. The van der Waals surface area contributed by atoms with Crippen LogP contribution in [0.4, 0.5) is 10.1 Å². The zero-order chi connectivity index (χ0) is 8.97. The number of halogens is 2. The quantitative estimate of drug-likeness (QED) is 0.714. The van der Waals surface area contributed by atoms with E-state index in [2.05, 4.69) is 11.9 Å². The number of hydrogen-bond acceptors (Lipinski definition) is 1. The van der Waals surface area contributed by atoms with E-state index in [1.807, 2.05) is 0 Å². The third-order valence-corrected chi connectivity index (χ3v) is 1.66. The predicted molar refractivity (Wildman–Crippen MR) is 50.1 cm³/mol. The van der Waals surface area contributed by atoms with Crippen molar-refractivity contribution in [3.05, 3.63) is 41.7 Å². The average Bonchev–Trinajstić information content (AvgIpc) is 2.07. The second-order valence-corrected chi connectivity index (χ2v) is 2.71. The lowest BCUT2D eigenvalue weighted by Crippen LogP contribution is -1.97. The van der Waals surface area contributed by atoms with Gasteiger partial charge in [0.05, 0.1) is 5.02 Å². The van der Waals surface area contributed by atoms with E-state index in [1.165, 1.54) is 6.07 Å². The molecule has 1 rings (SSSR count).